The van der Waals surface area contributed by atoms with E-state index < -0.39 is 0 Å². The normalized spacial score (nSPS) is 11.8. The Balaban J connectivity index is 2.62. The summed E-state index contributed by atoms with van der Waals surface area (Å²) in [4.78, 5) is 11.5. The van der Waals surface area contributed by atoms with E-state index in [-0.39, 0.29) is 11.9 Å². The predicted octanol–water partition coefficient (Wildman–Crippen LogP) is 2.96. The molecule has 18 heavy (non-hydrogen) atoms. The summed E-state index contributed by atoms with van der Waals surface area (Å²) in [5.74, 6) is 0.245. The summed E-state index contributed by atoms with van der Waals surface area (Å²) in [6.45, 7) is 4.46. The fraction of sp³-hybridized carbons (Fsp3) is 0.462. The van der Waals surface area contributed by atoms with Crippen molar-refractivity contribution in [2.45, 2.75) is 13.8 Å². The molecule has 100 valence electrons. The Bertz CT molecular complexity index is 409. The molecule has 1 unspecified atom stereocenters. The number of anilines is 1. The molecule has 5 heteroatoms. The molecule has 0 heterocycles. The van der Waals surface area contributed by atoms with Crippen LogP contribution >= 0.6 is 11.6 Å². The number of carbonyl (C=O) groups is 1. The van der Waals surface area contributed by atoms with Gasteiger partial charge >= 0.3 is 5.97 Å². The molecule has 1 atom stereocenters. The molecule has 0 aliphatic rings. The molecule has 0 amide bonds. The number of rotatable bonds is 6. The second-order valence-corrected chi connectivity index (χ2v) is 4.32. The molecule has 0 radical (unpaired) electrons. The number of hydrogen-bond donors (Lipinski definition) is 1. The molecule has 0 saturated heterocycles. The van der Waals surface area contributed by atoms with Gasteiger partial charge in [0.25, 0.3) is 0 Å². The second-order valence-electron chi connectivity index (χ2n) is 3.88. The fourth-order valence-electron chi connectivity index (χ4n) is 1.45. The van der Waals surface area contributed by atoms with Gasteiger partial charge in [-0.2, -0.15) is 0 Å². The van der Waals surface area contributed by atoms with Crippen molar-refractivity contribution >= 4 is 23.3 Å². The lowest BCUT2D eigenvalue weighted by Crippen LogP contribution is -2.22. The Hall–Kier alpha value is -1.42. The Kier molecular flexibility index (Phi) is 5.78. The van der Waals surface area contributed by atoms with Crippen LogP contribution in [-0.2, 0) is 9.53 Å². The largest absolute Gasteiger partial charge is 0.495 e. The first-order valence-corrected chi connectivity index (χ1v) is 6.20. The zero-order chi connectivity index (χ0) is 13.5. The summed E-state index contributed by atoms with van der Waals surface area (Å²) in [6, 6.07) is 5.29. The molecular weight excluding hydrogens is 254 g/mol. The van der Waals surface area contributed by atoms with Gasteiger partial charge in [-0.25, -0.2) is 0 Å². The quantitative estimate of drug-likeness (QED) is 0.808. The van der Waals surface area contributed by atoms with Crippen LogP contribution in [0, 0.1) is 5.92 Å². The molecule has 0 aliphatic heterocycles. The first kappa shape index (κ1) is 14.6. The highest BCUT2D eigenvalue weighted by Crippen LogP contribution is 2.27. The topological polar surface area (TPSA) is 47.6 Å². The van der Waals surface area contributed by atoms with Crippen molar-refractivity contribution < 1.29 is 14.3 Å². The maximum atomic E-state index is 11.5. The van der Waals surface area contributed by atoms with Crippen LogP contribution in [0.2, 0.25) is 5.02 Å². The molecular formula is C13H18ClNO3. The third kappa shape index (κ3) is 4.11. The first-order chi connectivity index (χ1) is 8.58. The Labute approximate surface area is 112 Å². The van der Waals surface area contributed by atoms with Crippen LogP contribution in [-0.4, -0.2) is 26.2 Å². The minimum atomic E-state index is -0.228. The predicted molar refractivity (Wildman–Crippen MR) is 72.3 cm³/mol. The van der Waals surface area contributed by atoms with Crippen LogP contribution in [0.15, 0.2) is 18.2 Å². The van der Waals surface area contributed by atoms with E-state index in [9.17, 15) is 4.79 Å². The molecule has 0 bridgehead atoms. The second kappa shape index (κ2) is 7.11. The van der Waals surface area contributed by atoms with Crippen molar-refractivity contribution in [3.63, 3.8) is 0 Å². The third-order valence-corrected chi connectivity index (χ3v) is 2.68. The van der Waals surface area contributed by atoms with E-state index >= 15 is 0 Å². The standard InChI is InChI=1S/C13H18ClNO3/c1-4-18-13(16)9(2)8-15-11-7-10(14)5-6-12(11)17-3/h5-7,9,15H,4,8H2,1-3H3. The van der Waals surface area contributed by atoms with Crippen molar-refractivity contribution in [2.24, 2.45) is 5.92 Å². The first-order valence-electron chi connectivity index (χ1n) is 5.82. The van der Waals surface area contributed by atoms with E-state index in [1.54, 1.807) is 32.2 Å². The molecule has 0 spiro atoms. The molecule has 1 N–H and O–H groups in total. The Morgan fingerprint density at radius 2 is 2.22 bits per heavy atom. The summed E-state index contributed by atoms with van der Waals surface area (Å²) < 4.78 is 10.1. The monoisotopic (exact) mass is 271 g/mol. The number of methoxy groups -OCH3 is 1. The average Bonchev–Trinajstić information content (AvgIpc) is 2.36. The maximum absolute atomic E-state index is 11.5. The van der Waals surface area contributed by atoms with E-state index in [0.717, 1.165) is 5.69 Å². The van der Waals surface area contributed by atoms with Gasteiger partial charge in [-0.05, 0) is 25.1 Å². The van der Waals surface area contributed by atoms with Gasteiger partial charge < -0.3 is 14.8 Å². The smallest absolute Gasteiger partial charge is 0.310 e. The molecule has 0 aromatic heterocycles. The summed E-state index contributed by atoms with van der Waals surface area (Å²) in [6.07, 6.45) is 0. The zero-order valence-corrected chi connectivity index (χ0v) is 11.6. The lowest BCUT2D eigenvalue weighted by atomic mass is 10.2. The van der Waals surface area contributed by atoms with Crippen molar-refractivity contribution in [1.29, 1.82) is 0 Å². The molecule has 0 saturated carbocycles. The lowest BCUT2D eigenvalue weighted by Gasteiger charge is -2.15. The number of ether oxygens (including phenoxy) is 2. The molecule has 0 fully saturated rings. The van der Waals surface area contributed by atoms with E-state index in [1.165, 1.54) is 0 Å². The van der Waals surface area contributed by atoms with Crippen molar-refractivity contribution in [3.8, 4) is 5.75 Å². The van der Waals surface area contributed by atoms with Crippen LogP contribution in [0.3, 0.4) is 0 Å². The number of hydrogen-bond acceptors (Lipinski definition) is 4. The molecule has 0 aliphatic carbocycles. The maximum Gasteiger partial charge on any atom is 0.310 e. The Morgan fingerprint density at radius 3 is 2.83 bits per heavy atom. The SMILES string of the molecule is CCOC(=O)C(C)CNc1cc(Cl)ccc1OC. The Morgan fingerprint density at radius 1 is 1.50 bits per heavy atom. The lowest BCUT2D eigenvalue weighted by molar-refractivity contribution is -0.146. The number of halogens is 1. The van der Waals surface area contributed by atoms with Crippen molar-refractivity contribution in [3.05, 3.63) is 23.2 Å². The average molecular weight is 272 g/mol. The number of nitrogens with one attached hydrogen (secondary N) is 1. The van der Waals surface area contributed by atoms with E-state index in [4.69, 9.17) is 21.1 Å². The van der Waals surface area contributed by atoms with Gasteiger partial charge in [0, 0.05) is 11.6 Å². The fourth-order valence-corrected chi connectivity index (χ4v) is 1.62. The van der Waals surface area contributed by atoms with Gasteiger partial charge in [0.05, 0.1) is 25.3 Å². The van der Waals surface area contributed by atoms with E-state index in [0.29, 0.717) is 23.9 Å². The minimum absolute atomic E-state index is 0.217. The van der Waals surface area contributed by atoms with Gasteiger partial charge in [0.1, 0.15) is 5.75 Å². The van der Waals surface area contributed by atoms with Gasteiger partial charge in [0.15, 0.2) is 0 Å². The highest BCUT2D eigenvalue weighted by atomic mass is 35.5. The number of esters is 1. The molecule has 1 aromatic rings. The van der Waals surface area contributed by atoms with Crippen molar-refractivity contribution in [2.75, 3.05) is 25.6 Å². The van der Waals surface area contributed by atoms with Crippen LogP contribution in [0.1, 0.15) is 13.8 Å². The molecule has 1 rings (SSSR count). The summed E-state index contributed by atoms with van der Waals surface area (Å²) in [5, 5.41) is 3.75. The number of carbonyl (C=O) groups excluding carboxylic acids is 1. The number of benzene rings is 1. The highest BCUT2D eigenvalue weighted by Gasteiger charge is 2.14. The highest BCUT2D eigenvalue weighted by molar-refractivity contribution is 6.30. The van der Waals surface area contributed by atoms with Gasteiger partial charge in [0.2, 0.25) is 0 Å². The van der Waals surface area contributed by atoms with Gasteiger partial charge in [-0.3, -0.25) is 4.79 Å². The zero-order valence-electron chi connectivity index (χ0n) is 10.8. The van der Waals surface area contributed by atoms with E-state index in [2.05, 4.69) is 5.32 Å². The van der Waals surface area contributed by atoms with E-state index in [1.807, 2.05) is 6.92 Å². The van der Waals surface area contributed by atoms with Gasteiger partial charge in [-0.15, -0.1) is 0 Å². The van der Waals surface area contributed by atoms with Gasteiger partial charge in [-0.1, -0.05) is 18.5 Å². The third-order valence-electron chi connectivity index (χ3n) is 2.45. The van der Waals surface area contributed by atoms with Crippen LogP contribution in [0.4, 0.5) is 5.69 Å². The summed E-state index contributed by atoms with van der Waals surface area (Å²) in [5.41, 5.74) is 0.765. The van der Waals surface area contributed by atoms with Crippen LogP contribution in [0.25, 0.3) is 0 Å². The van der Waals surface area contributed by atoms with Crippen LogP contribution in [0.5, 0.6) is 5.75 Å². The summed E-state index contributed by atoms with van der Waals surface area (Å²) >= 11 is 5.91. The molecule has 1 aromatic carbocycles. The molecule has 4 nitrogen and oxygen atoms in total. The summed E-state index contributed by atoms with van der Waals surface area (Å²) in [7, 11) is 1.59. The van der Waals surface area contributed by atoms with Crippen molar-refractivity contribution in [1.82, 2.24) is 0 Å². The van der Waals surface area contributed by atoms with Crippen LogP contribution < -0.4 is 10.1 Å². The minimum Gasteiger partial charge on any atom is -0.495 e.